The lowest BCUT2D eigenvalue weighted by molar-refractivity contribution is 0.629. The lowest BCUT2D eigenvalue weighted by Crippen LogP contribution is -2.36. The highest BCUT2D eigenvalue weighted by Gasteiger charge is 2.41. The predicted octanol–water partition coefficient (Wildman–Crippen LogP) is 11.3. The fraction of sp³-hybridized carbons (Fsp3) is 0.160. The lowest BCUT2D eigenvalue weighted by Gasteiger charge is -2.41. The number of nitrogens with zero attached hydrogens (tertiary/aromatic N) is 1. The summed E-state index contributed by atoms with van der Waals surface area (Å²) in [5.74, 6) is 0.508. The first-order valence-corrected chi connectivity index (χ1v) is 18.5. The quantitative estimate of drug-likeness (QED) is 0.187. The predicted molar refractivity (Wildman–Crippen MR) is 217 cm³/mol. The van der Waals surface area contributed by atoms with E-state index in [1.807, 2.05) is 0 Å². The van der Waals surface area contributed by atoms with Crippen LogP contribution < -0.4 is 15.3 Å². The van der Waals surface area contributed by atoms with Gasteiger partial charge in [-0.3, -0.25) is 0 Å². The molecule has 1 nitrogen and oxygen atoms in total. The Labute approximate surface area is 301 Å². The summed E-state index contributed by atoms with van der Waals surface area (Å²) in [7, 11) is 0. The van der Waals surface area contributed by atoms with Crippen molar-refractivity contribution in [2.75, 3.05) is 4.90 Å². The second kappa shape index (κ2) is 11.4. The topological polar surface area (TPSA) is 3.24 Å². The summed E-state index contributed by atoms with van der Waals surface area (Å²) >= 11 is 0. The van der Waals surface area contributed by atoms with Gasteiger partial charge in [0, 0.05) is 39.6 Å². The first-order valence-electron chi connectivity index (χ1n) is 18.5. The number of hydrogen-bond donors (Lipinski definition) is 0. The van der Waals surface area contributed by atoms with Crippen molar-refractivity contribution in [2.24, 2.45) is 5.92 Å². The molecule has 0 amide bonds. The average Bonchev–Trinajstić information content (AvgIpc) is 3.49. The Hall–Kier alpha value is -5.66. The van der Waals surface area contributed by atoms with Crippen LogP contribution in [0.2, 0.25) is 0 Å². The highest BCUT2D eigenvalue weighted by molar-refractivity contribution is 6.06. The van der Waals surface area contributed by atoms with Crippen LogP contribution in [0, 0.1) is 5.92 Å². The van der Waals surface area contributed by atoms with Crippen molar-refractivity contribution in [2.45, 2.75) is 45.4 Å². The Morgan fingerprint density at radius 1 is 0.745 bits per heavy atom. The number of fused-ring (bicyclic) bond motifs is 8. The molecule has 0 aromatic heterocycles. The Morgan fingerprint density at radius 3 is 2.45 bits per heavy atom. The van der Waals surface area contributed by atoms with E-state index in [4.69, 9.17) is 0 Å². The minimum Gasteiger partial charge on any atom is -0.312 e. The zero-order valence-electron chi connectivity index (χ0n) is 29.6. The first kappa shape index (κ1) is 30.2. The Balaban J connectivity index is 1.37. The molecule has 51 heavy (non-hydrogen) atoms. The van der Waals surface area contributed by atoms with Crippen LogP contribution in [0.25, 0.3) is 46.1 Å². The second-order valence-corrected chi connectivity index (χ2v) is 15.3. The third-order valence-electron chi connectivity index (χ3n) is 11.7. The van der Waals surface area contributed by atoms with E-state index in [0.29, 0.717) is 5.92 Å². The Morgan fingerprint density at radius 2 is 1.57 bits per heavy atom. The number of benzene rings is 5. The smallest absolute Gasteiger partial charge is 0.0612 e. The van der Waals surface area contributed by atoms with E-state index >= 15 is 0 Å². The summed E-state index contributed by atoms with van der Waals surface area (Å²) in [6, 6.07) is 39.1. The summed E-state index contributed by atoms with van der Waals surface area (Å²) in [6.07, 6.45) is 21.7. The van der Waals surface area contributed by atoms with Gasteiger partial charge in [-0.15, -0.1) is 0 Å². The molecule has 0 saturated carbocycles. The van der Waals surface area contributed by atoms with Gasteiger partial charge in [-0.05, 0) is 97.8 Å². The molecule has 4 aliphatic carbocycles. The molecule has 1 heteroatoms. The monoisotopic (exact) mass is 655 g/mol. The van der Waals surface area contributed by atoms with Crippen molar-refractivity contribution < 1.29 is 0 Å². The van der Waals surface area contributed by atoms with E-state index in [-0.39, 0.29) is 5.41 Å². The molecule has 1 unspecified atom stereocenters. The van der Waals surface area contributed by atoms with E-state index in [9.17, 15) is 0 Å². The van der Waals surface area contributed by atoms with Crippen molar-refractivity contribution in [3.05, 3.63) is 189 Å². The maximum Gasteiger partial charge on any atom is 0.0612 e. The van der Waals surface area contributed by atoms with Gasteiger partial charge < -0.3 is 4.90 Å². The summed E-state index contributed by atoms with van der Waals surface area (Å²) < 4.78 is 0. The van der Waals surface area contributed by atoms with E-state index in [1.165, 1.54) is 94.3 Å². The third kappa shape index (κ3) is 4.68. The number of allylic oxidation sites excluding steroid dienone is 7. The van der Waals surface area contributed by atoms with Gasteiger partial charge in [0.2, 0.25) is 0 Å². The number of anilines is 2. The molecule has 2 bridgehead atoms. The fourth-order valence-corrected chi connectivity index (χ4v) is 9.26. The molecule has 5 aromatic rings. The fourth-order valence-electron chi connectivity index (χ4n) is 9.26. The molecule has 0 radical (unpaired) electrons. The minimum atomic E-state index is -0.123. The largest absolute Gasteiger partial charge is 0.312 e. The van der Waals surface area contributed by atoms with Crippen LogP contribution in [0.15, 0.2) is 139 Å². The molecule has 0 N–H and O–H groups in total. The van der Waals surface area contributed by atoms with Gasteiger partial charge in [-0.2, -0.15) is 0 Å². The molecular weight excluding hydrogens is 615 g/mol. The highest BCUT2D eigenvalue weighted by Crippen LogP contribution is 2.55. The van der Waals surface area contributed by atoms with E-state index in [2.05, 4.69) is 177 Å². The lowest BCUT2D eigenvalue weighted by atomic mass is 9.66. The van der Waals surface area contributed by atoms with Gasteiger partial charge in [-0.1, -0.05) is 154 Å². The first-order chi connectivity index (χ1) is 25.0. The molecular formula is C50H41N. The molecule has 0 fully saturated rings. The highest BCUT2D eigenvalue weighted by atomic mass is 15.2. The van der Waals surface area contributed by atoms with Crippen LogP contribution in [0.3, 0.4) is 0 Å². The average molecular weight is 656 g/mol. The molecule has 1 atom stereocenters. The van der Waals surface area contributed by atoms with E-state index < -0.39 is 0 Å². The van der Waals surface area contributed by atoms with E-state index in [1.54, 1.807) is 0 Å². The normalized spacial score (nSPS) is 18.9. The van der Waals surface area contributed by atoms with Crippen molar-refractivity contribution in [3.8, 4) is 11.1 Å². The second-order valence-electron chi connectivity index (χ2n) is 15.3. The van der Waals surface area contributed by atoms with Crippen LogP contribution in [0.1, 0.15) is 79.0 Å². The maximum atomic E-state index is 2.66. The van der Waals surface area contributed by atoms with Gasteiger partial charge in [-0.25, -0.2) is 0 Å². The summed E-state index contributed by atoms with van der Waals surface area (Å²) in [6.45, 7) is 7.13. The number of rotatable bonds is 3. The van der Waals surface area contributed by atoms with Gasteiger partial charge in [0.15, 0.2) is 0 Å². The molecule has 1 heterocycles. The third-order valence-corrected chi connectivity index (χ3v) is 11.7. The summed E-state index contributed by atoms with van der Waals surface area (Å²) in [4.78, 5) is 2.66. The number of hydrogen-bond acceptors (Lipinski definition) is 1. The molecule has 246 valence electrons. The van der Waals surface area contributed by atoms with Gasteiger partial charge in [0.1, 0.15) is 0 Å². The summed E-state index contributed by atoms with van der Waals surface area (Å²) in [5, 5.41) is 2.58. The molecule has 5 aromatic carbocycles. The van der Waals surface area contributed by atoms with Crippen LogP contribution >= 0.6 is 0 Å². The maximum absolute atomic E-state index is 2.66. The minimum absolute atomic E-state index is 0.123. The zero-order chi connectivity index (χ0) is 34.3. The molecule has 0 saturated heterocycles. The molecule has 1 aliphatic heterocycles. The van der Waals surface area contributed by atoms with Crippen molar-refractivity contribution >= 4 is 46.3 Å². The molecule has 10 rings (SSSR count). The van der Waals surface area contributed by atoms with Gasteiger partial charge in [0.05, 0.1) is 5.69 Å². The summed E-state index contributed by atoms with van der Waals surface area (Å²) in [5.41, 5.74) is 19.7. The van der Waals surface area contributed by atoms with Crippen LogP contribution in [-0.4, -0.2) is 0 Å². The van der Waals surface area contributed by atoms with Crippen LogP contribution in [0.5, 0.6) is 0 Å². The van der Waals surface area contributed by atoms with Crippen molar-refractivity contribution in [1.82, 2.24) is 0 Å². The van der Waals surface area contributed by atoms with Gasteiger partial charge in [0.25, 0.3) is 0 Å². The molecule has 5 aliphatic rings. The van der Waals surface area contributed by atoms with Crippen molar-refractivity contribution in [1.29, 1.82) is 0 Å². The van der Waals surface area contributed by atoms with Gasteiger partial charge >= 0.3 is 0 Å². The van der Waals surface area contributed by atoms with Crippen molar-refractivity contribution in [3.63, 3.8) is 0 Å². The van der Waals surface area contributed by atoms with Crippen LogP contribution in [0.4, 0.5) is 11.4 Å². The van der Waals surface area contributed by atoms with E-state index in [0.717, 1.165) is 19.3 Å². The molecule has 0 spiro atoms. The Kier molecular flexibility index (Phi) is 6.77. The van der Waals surface area contributed by atoms with Crippen LogP contribution in [-0.2, 0) is 5.41 Å². The zero-order valence-corrected chi connectivity index (χ0v) is 29.6. The SMILES string of the molecule is CC1C=C(c2cc(-c3ccccc3)cc(N3C4=C5c6ccccc6C(C)(C)c6cccc(c65)C=C(C4)c4ccc5c(c43)=CC=CCC=5)c2)C=CC1. The standard InChI is InChI=1S/C50H41N/c1-32-14-12-18-35(26-32)38-28-37(33-15-6-4-7-16-33)29-40(30-38)51-46-31-39(42-25-24-34-17-8-5-9-20-41(34)49(42)51)27-36-19-13-23-45-47(36)48(46)43-21-10-11-22-44(43)50(45,2)3/h4-7,9-13,15-30,32H,8,14,31H2,1-3H3. The Bertz CT molecular complexity index is 2580.